The second-order valence-corrected chi connectivity index (χ2v) is 6.95. The maximum Gasteiger partial charge on any atom is 0.125 e. The van der Waals surface area contributed by atoms with Crippen LogP contribution in [0.15, 0.2) is 22.7 Å². The van der Waals surface area contributed by atoms with Crippen LogP contribution in [0.1, 0.15) is 30.9 Å². The molecule has 2 heterocycles. The van der Waals surface area contributed by atoms with Crippen molar-refractivity contribution in [3.05, 3.63) is 28.2 Å². The van der Waals surface area contributed by atoms with Crippen LogP contribution in [0.4, 0.5) is 0 Å². The molecule has 2 aliphatic heterocycles. The maximum absolute atomic E-state index is 6.31. The molecule has 3 rings (SSSR count). The molecule has 0 aliphatic carbocycles. The quantitative estimate of drug-likeness (QED) is 0.796. The van der Waals surface area contributed by atoms with Gasteiger partial charge in [0, 0.05) is 28.3 Å². The lowest BCUT2D eigenvalue weighted by molar-refractivity contribution is 0.0471. The highest BCUT2D eigenvalue weighted by Crippen LogP contribution is 2.44. The summed E-state index contributed by atoms with van der Waals surface area (Å²) >= 11 is 5.48. The molecular formula is C13H16BrNOS. The third-order valence-corrected chi connectivity index (χ3v) is 5.38. The van der Waals surface area contributed by atoms with Crippen molar-refractivity contribution in [3.63, 3.8) is 0 Å². The highest BCUT2D eigenvalue weighted by atomic mass is 79.9. The molecule has 1 aromatic rings. The molecule has 1 saturated heterocycles. The Kier molecular flexibility index (Phi) is 3.13. The van der Waals surface area contributed by atoms with E-state index in [9.17, 15) is 0 Å². The Balaban J connectivity index is 1.94. The molecule has 92 valence electrons. The van der Waals surface area contributed by atoms with E-state index in [1.165, 1.54) is 12.2 Å². The summed E-state index contributed by atoms with van der Waals surface area (Å²) in [5, 5.41) is 0. The second-order valence-electron chi connectivity index (χ2n) is 4.93. The first-order chi connectivity index (χ1) is 8.19. The SMILES string of the molecule is NC1CC2(CCCSC2)Oc2ccc(Br)cc21. The molecule has 1 fully saturated rings. The highest BCUT2D eigenvalue weighted by molar-refractivity contribution is 9.10. The van der Waals surface area contributed by atoms with E-state index in [1.807, 2.05) is 23.9 Å². The van der Waals surface area contributed by atoms with Crippen LogP contribution in [0.2, 0.25) is 0 Å². The van der Waals surface area contributed by atoms with Crippen molar-refractivity contribution in [2.24, 2.45) is 5.73 Å². The van der Waals surface area contributed by atoms with Crippen LogP contribution in [-0.4, -0.2) is 17.1 Å². The van der Waals surface area contributed by atoms with Crippen LogP contribution in [0.3, 0.4) is 0 Å². The summed E-state index contributed by atoms with van der Waals surface area (Å²) in [5.41, 5.74) is 7.44. The van der Waals surface area contributed by atoms with Crippen molar-refractivity contribution in [2.45, 2.75) is 30.9 Å². The number of benzene rings is 1. The van der Waals surface area contributed by atoms with Gasteiger partial charge < -0.3 is 10.5 Å². The summed E-state index contributed by atoms with van der Waals surface area (Å²) in [6.45, 7) is 0. The lowest BCUT2D eigenvalue weighted by Gasteiger charge is -2.43. The van der Waals surface area contributed by atoms with Gasteiger partial charge in [0.1, 0.15) is 11.4 Å². The van der Waals surface area contributed by atoms with Crippen LogP contribution in [0.5, 0.6) is 5.75 Å². The molecule has 0 amide bonds. The number of hydrogen-bond donors (Lipinski definition) is 1. The van der Waals surface area contributed by atoms with Crippen molar-refractivity contribution in [3.8, 4) is 5.75 Å². The number of halogens is 1. The van der Waals surface area contributed by atoms with E-state index in [2.05, 4.69) is 22.0 Å². The molecule has 0 radical (unpaired) electrons. The average Bonchev–Trinajstić information content (AvgIpc) is 2.31. The molecule has 2 unspecified atom stereocenters. The van der Waals surface area contributed by atoms with Gasteiger partial charge >= 0.3 is 0 Å². The highest BCUT2D eigenvalue weighted by Gasteiger charge is 2.41. The van der Waals surface area contributed by atoms with E-state index in [0.29, 0.717) is 0 Å². The number of rotatable bonds is 0. The van der Waals surface area contributed by atoms with Crippen LogP contribution in [0.25, 0.3) is 0 Å². The summed E-state index contributed by atoms with van der Waals surface area (Å²) in [7, 11) is 0. The maximum atomic E-state index is 6.31. The fourth-order valence-corrected chi connectivity index (χ4v) is 4.32. The monoisotopic (exact) mass is 313 g/mol. The van der Waals surface area contributed by atoms with Crippen molar-refractivity contribution in [1.29, 1.82) is 0 Å². The Labute approximate surface area is 114 Å². The Morgan fingerprint density at radius 1 is 1.47 bits per heavy atom. The third-order valence-electron chi connectivity index (χ3n) is 3.58. The lowest BCUT2D eigenvalue weighted by atomic mass is 9.85. The number of ether oxygens (including phenoxy) is 1. The van der Waals surface area contributed by atoms with E-state index in [-0.39, 0.29) is 11.6 Å². The minimum absolute atomic E-state index is 0.0108. The second kappa shape index (κ2) is 4.48. The zero-order valence-corrected chi connectivity index (χ0v) is 12.0. The van der Waals surface area contributed by atoms with E-state index in [1.54, 1.807) is 0 Å². The number of hydrogen-bond acceptors (Lipinski definition) is 3. The largest absolute Gasteiger partial charge is 0.486 e. The predicted octanol–water partition coefficient (Wildman–Crippen LogP) is 3.50. The molecule has 1 spiro atoms. The Hall–Kier alpha value is -0.190. The van der Waals surface area contributed by atoms with Crippen molar-refractivity contribution in [2.75, 3.05) is 11.5 Å². The predicted molar refractivity (Wildman–Crippen MR) is 75.6 cm³/mol. The van der Waals surface area contributed by atoms with E-state index >= 15 is 0 Å². The van der Waals surface area contributed by atoms with Crippen molar-refractivity contribution < 1.29 is 4.74 Å². The van der Waals surface area contributed by atoms with E-state index < -0.39 is 0 Å². The van der Waals surface area contributed by atoms with Gasteiger partial charge in [-0.15, -0.1) is 0 Å². The molecule has 2 nitrogen and oxygen atoms in total. The Bertz CT molecular complexity index is 431. The smallest absolute Gasteiger partial charge is 0.125 e. The van der Waals surface area contributed by atoms with Crippen LogP contribution >= 0.6 is 27.7 Å². The molecule has 2 atom stereocenters. The average molecular weight is 314 g/mol. The number of fused-ring (bicyclic) bond motifs is 1. The molecule has 17 heavy (non-hydrogen) atoms. The van der Waals surface area contributed by atoms with Gasteiger partial charge in [-0.2, -0.15) is 11.8 Å². The summed E-state index contributed by atoms with van der Waals surface area (Å²) in [6, 6.07) is 6.26. The third kappa shape index (κ3) is 2.23. The summed E-state index contributed by atoms with van der Waals surface area (Å²) < 4.78 is 7.34. The summed E-state index contributed by atoms with van der Waals surface area (Å²) in [4.78, 5) is 0. The number of thioether (sulfide) groups is 1. The molecule has 0 saturated carbocycles. The molecule has 4 heteroatoms. The van der Waals surface area contributed by atoms with Crippen molar-refractivity contribution in [1.82, 2.24) is 0 Å². The fraction of sp³-hybridized carbons (Fsp3) is 0.538. The lowest BCUT2D eigenvalue weighted by Crippen LogP contribution is -2.46. The first kappa shape index (κ1) is 11.9. The minimum Gasteiger partial charge on any atom is -0.486 e. The standard InChI is InChI=1S/C13H16BrNOS/c14-9-2-3-12-10(6-9)11(15)7-13(16-12)4-1-5-17-8-13/h2-3,6,11H,1,4-5,7-8,15H2. The zero-order valence-electron chi connectivity index (χ0n) is 9.62. The first-order valence-corrected chi connectivity index (χ1v) is 7.95. The van der Waals surface area contributed by atoms with Gasteiger partial charge in [0.05, 0.1) is 0 Å². The first-order valence-electron chi connectivity index (χ1n) is 6.00. The van der Waals surface area contributed by atoms with E-state index in [0.717, 1.165) is 34.4 Å². The Morgan fingerprint density at radius 3 is 3.12 bits per heavy atom. The molecule has 2 N–H and O–H groups in total. The van der Waals surface area contributed by atoms with Gasteiger partial charge in [-0.1, -0.05) is 15.9 Å². The van der Waals surface area contributed by atoms with E-state index in [4.69, 9.17) is 10.5 Å². The van der Waals surface area contributed by atoms with Gasteiger partial charge in [0.25, 0.3) is 0 Å². The van der Waals surface area contributed by atoms with Crippen LogP contribution < -0.4 is 10.5 Å². The van der Waals surface area contributed by atoms with Gasteiger partial charge in [-0.05, 0) is 36.8 Å². The molecule has 1 aromatic carbocycles. The topological polar surface area (TPSA) is 35.2 Å². The van der Waals surface area contributed by atoms with Gasteiger partial charge in [0.15, 0.2) is 0 Å². The van der Waals surface area contributed by atoms with Gasteiger partial charge in [-0.25, -0.2) is 0 Å². The van der Waals surface area contributed by atoms with Crippen LogP contribution in [0, 0.1) is 0 Å². The zero-order chi connectivity index (χ0) is 11.9. The molecule has 2 aliphatic rings. The molecule has 0 bridgehead atoms. The van der Waals surface area contributed by atoms with Crippen LogP contribution in [-0.2, 0) is 0 Å². The molecule has 0 aromatic heterocycles. The van der Waals surface area contributed by atoms with Crippen molar-refractivity contribution >= 4 is 27.7 Å². The minimum atomic E-state index is -0.0108. The summed E-state index contributed by atoms with van der Waals surface area (Å²) in [6.07, 6.45) is 3.33. The normalized spacial score (nSPS) is 32.0. The fourth-order valence-electron chi connectivity index (χ4n) is 2.76. The van der Waals surface area contributed by atoms with Gasteiger partial charge in [-0.3, -0.25) is 0 Å². The molecular weight excluding hydrogens is 298 g/mol. The number of nitrogens with two attached hydrogens (primary N) is 1. The summed E-state index contributed by atoms with van der Waals surface area (Å²) in [5.74, 6) is 3.32. The van der Waals surface area contributed by atoms with Gasteiger partial charge in [0.2, 0.25) is 0 Å². The Morgan fingerprint density at radius 2 is 2.35 bits per heavy atom.